The first kappa shape index (κ1) is 22.0. The molecule has 1 aromatic heterocycles. The maximum absolute atomic E-state index is 12.9. The van der Waals surface area contributed by atoms with Gasteiger partial charge in [-0.05, 0) is 43.2 Å². The van der Waals surface area contributed by atoms with E-state index < -0.39 is 0 Å². The summed E-state index contributed by atoms with van der Waals surface area (Å²) in [6, 6.07) is 15.6. The average molecular weight is 500 g/mol. The highest BCUT2D eigenvalue weighted by Crippen LogP contribution is 2.30. The lowest BCUT2D eigenvalue weighted by Gasteiger charge is -2.20. The zero-order valence-electron chi connectivity index (χ0n) is 17.4. The van der Waals surface area contributed by atoms with E-state index in [0.29, 0.717) is 12.3 Å². The van der Waals surface area contributed by atoms with Crippen molar-refractivity contribution in [1.29, 1.82) is 0 Å². The fourth-order valence-corrected chi connectivity index (χ4v) is 5.05. The number of benzene rings is 2. The highest BCUT2D eigenvalue weighted by molar-refractivity contribution is 9.10. The molecular weight excluding hydrogens is 474 g/mol. The van der Waals surface area contributed by atoms with E-state index in [4.69, 9.17) is 0 Å². The topological polar surface area (TPSA) is 54.3 Å². The van der Waals surface area contributed by atoms with Crippen LogP contribution in [0.1, 0.15) is 25.7 Å². The van der Waals surface area contributed by atoms with E-state index in [1.54, 1.807) is 0 Å². The van der Waals surface area contributed by atoms with Crippen molar-refractivity contribution in [3.05, 3.63) is 59.2 Å². The highest BCUT2D eigenvalue weighted by atomic mass is 79.9. The molecular formula is C24H26BrN3O2S. The third-order valence-electron chi connectivity index (χ3n) is 5.50. The number of para-hydroxylation sites is 1. The van der Waals surface area contributed by atoms with Crippen LogP contribution in [0.2, 0.25) is 0 Å². The van der Waals surface area contributed by atoms with Gasteiger partial charge in [0, 0.05) is 45.2 Å². The predicted molar refractivity (Wildman–Crippen MR) is 130 cm³/mol. The quantitative estimate of drug-likeness (QED) is 0.453. The van der Waals surface area contributed by atoms with Crippen molar-refractivity contribution in [3.8, 4) is 0 Å². The van der Waals surface area contributed by atoms with E-state index in [1.165, 1.54) is 24.6 Å². The number of nitrogens with zero attached hydrogens (tertiary/aromatic N) is 2. The number of nitrogens with one attached hydrogen (secondary N) is 1. The van der Waals surface area contributed by atoms with Crippen LogP contribution in [0.4, 0.5) is 5.69 Å². The highest BCUT2D eigenvalue weighted by Gasteiger charge is 2.18. The van der Waals surface area contributed by atoms with Crippen LogP contribution >= 0.6 is 27.7 Å². The number of hydrogen-bond donors (Lipinski definition) is 1. The molecule has 0 atom stereocenters. The first-order valence-corrected chi connectivity index (χ1v) is 12.4. The maximum atomic E-state index is 12.9. The minimum atomic E-state index is -0.0511. The zero-order chi connectivity index (χ0) is 21.6. The Morgan fingerprint density at radius 1 is 0.968 bits per heavy atom. The minimum Gasteiger partial charge on any atom is -0.341 e. The van der Waals surface area contributed by atoms with Gasteiger partial charge in [-0.3, -0.25) is 9.59 Å². The summed E-state index contributed by atoms with van der Waals surface area (Å²) in [7, 11) is 0. The summed E-state index contributed by atoms with van der Waals surface area (Å²) in [5.74, 6) is 0.432. The number of carbonyl (C=O) groups excluding carboxylic acids is 2. The molecule has 1 fully saturated rings. The molecule has 7 heteroatoms. The van der Waals surface area contributed by atoms with Crippen LogP contribution < -0.4 is 5.32 Å². The fraction of sp³-hybridized carbons (Fsp3) is 0.333. The van der Waals surface area contributed by atoms with Crippen molar-refractivity contribution in [3.63, 3.8) is 0 Å². The third kappa shape index (κ3) is 5.71. The van der Waals surface area contributed by atoms with E-state index in [0.717, 1.165) is 51.9 Å². The molecule has 162 valence electrons. The Labute approximate surface area is 195 Å². The molecule has 0 bridgehead atoms. The van der Waals surface area contributed by atoms with E-state index in [1.807, 2.05) is 58.1 Å². The monoisotopic (exact) mass is 499 g/mol. The normalized spacial score (nSPS) is 14.4. The SMILES string of the molecule is O=C(CSc1cn(CC(=O)N2CCCCCC2)c2ccccc12)Nc1ccc(Br)cc1. The van der Waals surface area contributed by atoms with Gasteiger partial charge in [0.25, 0.3) is 0 Å². The lowest BCUT2D eigenvalue weighted by atomic mass is 10.2. The molecule has 0 aliphatic carbocycles. The predicted octanol–water partition coefficient (Wildman–Crippen LogP) is 5.54. The number of fused-ring (bicyclic) bond motifs is 1. The molecule has 0 radical (unpaired) electrons. The third-order valence-corrected chi connectivity index (χ3v) is 7.07. The number of carbonyl (C=O) groups is 2. The largest absolute Gasteiger partial charge is 0.341 e. The second kappa shape index (κ2) is 10.4. The average Bonchev–Trinajstić information content (AvgIpc) is 2.93. The Hall–Kier alpha value is -2.25. The molecule has 1 aliphatic heterocycles. The van der Waals surface area contributed by atoms with E-state index in [-0.39, 0.29) is 11.8 Å². The second-order valence-corrected chi connectivity index (χ2v) is 9.71. The van der Waals surface area contributed by atoms with Crippen molar-refractivity contribution in [1.82, 2.24) is 9.47 Å². The summed E-state index contributed by atoms with van der Waals surface area (Å²) in [6.07, 6.45) is 6.61. The summed E-state index contributed by atoms with van der Waals surface area (Å²) in [6.45, 7) is 2.05. The van der Waals surface area contributed by atoms with Gasteiger partial charge in [-0.25, -0.2) is 0 Å². The number of halogens is 1. The molecule has 1 saturated heterocycles. The molecule has 5 nitrogen and oxygen atoms in total. The molecule has 0 unspecified atom stereocenters. The first-order chi connectivity index (χ1) is 15.1. The van der Waals surface area contributed by atoms with Crippen molar-refractivity contribution in [2.45, 2.75) is 37.1 Å². The Bertz CT molecular complexity index is 1060. The van der Waals surface area contributed by atoms with Crippen LogP contribution in [0.5, 0.6) is 0 Å². The molecule has 3 aromatic rings. The van der Waals surface area contributed by atoms with Crippen LogP contribution in [0, 0.1) is 0 Å². The number of aromatic nitrogens is 1. The molecule has 1 N–H and O–H groups in total. The lowest BCUT2D eigenvalue weighted by Crippen LogP contribution is -2.34. The van der Waals surface area contributed by atoms with Gasteiger partial charge >= 0.3 is 0 Å². The summed E-state index contributed by atoms with van der Waals surface area (Å²) in [4.78, 5) is 28.3. The van der Waals surface area contributed by atoms with Crippen LogP contribution in [0.3, 0.4) is 0 Å². The number of anilines is 1. The molecule has 2 amide bonds. The number of likely N-dealkylation sites (tertiary alicyclic amines) is 1. The molecule has 0 spiro atoms. The molecule has 1 aliphatic rings. The van der Waals surface area contributed by atoms with Gasteiger partial charge in [-0.1, -0.05) is 47.0 Å². The van der Waals surface area contributed by atoms with Gasteiger partial charge in [0.05, 0.1) is 5.75 Å². The van der Waals surface area contributed by atoms with Crippen molar-refractivity contribution in [2.75, 3.05) is 24.2 Å². The number of amides is 2. The standard InChI is InChI=1S/C24H26BrN3O2S/c25-18-9-11-19(12-10-18)26-23(29)17-31-22-15-28(21-8-4-3-7-20(21)22)16-24(30)27-13-5-1-2-6-14-27/h3-4,7-12,15H,1-2,5-6,13-14,16-17H2,(H,26,29). The Balaban J connectivity index is 1.44. The van der Waals surface area contributed by atoms with Crippen LogP contribution in [-0.2, 0) is 16.1 Å². The van der Waals surface area contributed by atoms with E-state index in [2.05, 4.69) is 27.3 Å². The molecule has 0 saturated carbocycles. The number of rotatable bonds is 6. The van der Waals surface area contributed by atoms with Crippen molar-refractivity contribution < 1.29 is 9.59 Å². The summed E-state index contributed by atoms with van der Waals surface area (Å²) < 4.78 is 3.00. The fourth-order valence-electron chi connectivity index (χ4n) is 3.90. The zero-order valence-corrected chi connectivity index (χ0v) is 19.8. The van der Waals surface area contributed by atoms with Crippen LogP contribution in [-0.4, -0.2) is 40.1 Å². The van der Waals surface area contributed by atoms with Gasteiger partial charge in [0.1, 0.15) is 6.54 Å². The van der Waals surface area contributed by atoms with Crippen LogP contribution in [0.25, 0.3) is 10.9 Å². The van der Waals surface area contributed by atoms with Gasteiger partial charge in [0.2, 0.25) is 11.8 Å². The summed E-state index contributed by atoms with van der Waals surface area (Å²) in [5, 5.41) is 4.00. The summed E-state index contributed by atoms with van der Waals surface area (Å²) in [5.41, 5.74) is 1.81. The van der Waals surface area contributed by atoms with Gasteiger partial charge in [-0.15, -0.1) is 11.8 Å². The molecule has 2 aromatic carbocycles. The summed E-state index contributed by atoms with van der Waals surface area (Å²) >= 11 is 4.90. The second-order valence-electron chi connectivity index (χ2n) is 7.78. The van der Waals surface area contributed by atoms with Gasteiger partial charge < -0.3 is 14.8 Å². The van der Waals surface area contributed by atoms with E-state index >= 15 is 0 Å². The van der Waals surface area contributed by atoms with Crippen molar-refractivity contribution >= 4 is 56.1 Å². The maximum Gasteiger partial charge on any atom is 0.242 e. The van der Waals surface area contributed by atoms with Gasteiger partial charge in [-0.2, -0.15) is 0 Å². The number of hydrogen-bond acceptors (Lipinski definition) is 3. The first-order valence-electron chi connectivity index (χ1n) is 10.6. The van der Waals surface area contributed by atoms with E-state index in [9.17, 15) is 9.59 Å². The van der Waals surface area contributed by atoms with Crippen LogP contribution in [0.15, 0.2) is 64.1 Å². The molecule has 4 rings (SSSR count). The number of thioether (sulfide) groups is 1. The van der Waals surface area contributed by atoms with Crippen molar-refractivity contribution in [2.24, 2.45) is 0 Å². The minimum absolute atomic E-state index is 0.0511. The Morgan fingerprint density at radius 2 is 1.68 bits per heavy atom. The Kier molecular flexibility index (Phi) is 7.35. The molecule has 2 heterocycles. The van der Waals surface area contributed by atoms with Gasteiger partial charge in [0.15, 0.2) is 0 Å². The lowest BCUT2D eigenvalue weighted by molar-refractivity contribution is -0.131. The smallest absolute Gasteiger partial charge is 0.242 e. The Morgan fingerprint density at radius 3 is 2.42 bits per heavy atom. The molecule has 31 heavy (non-hydrogen) atoms.